The van der Waals surface area contributed by atoms with Crippen molar-refractivity contribution in [2.75, 3.05) is 13.1 Å². The summed E-state index contributed by atoms with van der Waals surface area (Å²) in [6, 6.07) is 0.107. The van der Waals surface area contributed by atoms with Crippen molar-refractivity contribution in [2.24, 2.45) is 11.8 Å². The number of hydrogen-bond acceptors (Lipinski definition) is 3. The van der Waals surface area contributed by atoms with E-state index in [9.17, 15) is 9.90 Å². The maximum Gasteiger partial charge on any atom is 0.227 e. The Morgan fingerprint density at radius 3 is 2.00 bits per heavy atom. The fourth-order valence-corrected chi connectivity index (χ4v) is 2.12. The molecule has 0 heterocycles. The van der Waals surface area contributed by atoms with Crippen molar-refractivity contribution < 1.29 is 9.90 Å². The normalized spacial score (nSPS) is 15.2. The molecule has 0 fully saturated rings. The van der Waals surface area contributed by atoms with Crippen LogP contribution >= 0.6 is 0 Å². The minimum atomic E-state index is -0.693. The van der Waals surface area contributed by atoms with Gasteiger partial charge < -0.3 is 10.4 Å². The highest BCUT2D eigenvalue weighted by Crippen LogP contribution is 2.19. The van der Waals surface area contributed by atoms with Crippen LogP contribution in [0.4, 0.5) is 0 Å². The zero-order valence-electron chi connectivity index (χ0n) is 12.7. The van der Waals surface area contributed by atoms with Gasteiger partial charge in [0, 0.05) is 6.04 Å². The lowest BCUT2D eigenvalue weighted by molar-refractivity contribution is -0.136. The number of aliphatic hydroxyl groups excluding tert-OH is 1. The summed E-state index contributed by atoms with van der Waals surface area (Å²) in [6.45, 7) is 13.5. The quantitative estimate of drug-likeness (QED) is 0.653. The van der Waals surface area contributed by atoms with Crippen LogP contribution in [-0.4, -0.2) is 41.3 Å². The van der Waals surface area contributed by atoms with Crippen molar-refractivity contribution in [3.8, 4) is 0 Å². The van der Waals surface area contributed by atoms with Gasteiger partial charge in [-0.2, -0.15) is 0 Å². The Bertz CT molecular complexity index is 238. The van der Waals surface area contributed by atoms with E-state index in [0.29, 0.717) is 12.3 Å². The van der Waals surface area contributed by atoms with Crippen molar-refractivity contribution in [2.45, 2.75) is 60.2 Å². The highest BCUT2D eigenvalue weighted by Gasteiger charge is 2.30. The highest BCUT2D eigenvalue weighted by atomic mass is 16.3. The summed E-state index contributed by atoms with van der Waals surface area (Å²) >= 11 is 0. The minimum Gasteiger partial charge on any atom is -0.378 e. The second-order valence-corrected chi connectivity index (χ2v) is 5.53. The van der Waals surface area contributed by atoms with Gasteiger partial charge in [-0.05, 0) is 39.3 Å². The van der Waals surface area contributed by atoms with Crippen LogP contribution in [0.5, 0.6) is 0 Å². The van der Waals surface area contributed by atoms with E-state index in [1.807, 2.05) is 32.6 Å². The van der Waals surface area contributed by atoms with E-state index in [-0.39, 0.29) is 17.9 Å². The van der Waals surface area contributed by atoms with Crippen LogP contribution in [0.2, 0.25) is 0 Å². The molecule has 0 rings (SSSR count). The van der Waals surface area contributed by atoms with Gasteiger partial charge in [0.15, 0.2) is 0 Å². The first-order chi connectivity index (χ1) is 8.33. The molecule has 1 amide bonds. The Kier molecular flexibility index (Phi) is 8.20. The SMILES string of the molecule is CCN(CC)C(O)C(CC(C)C)C(=O)NC(C)C. The largest absolute Gasteiger partial charge is 0.378 e. The van der Waals surface area contributed by atoms with Crippen LogP contribution in [0.25, 0.3) is 0 Å². The van der Waals surface area contributed by atoms with Gasteiger partial charge in [-0.3, -0.25) is 9.69 Å². The monoisotopic (exact) mass is 258 g/mol. The van der Waals surface area contributed by atoms with Gasteiger partial charge in [0.1, 0.15) is 6.23 Å². The molecule has 0 saturated heterocycles. The lowest BCUT2D eigenvalue weighted by Crippen LogP contribution is -2.48. The molecule has 2 N–H and O–H groups in total. The Hall–Kier alpha value is -0.610. The molecule has 108 valence electrons. The molecule has 0 aliphatic rings. The number of hydrogen-bond donors (Lipinski definition) is 2. The Morgan fingerprint density at radius 2 is 1.67 bits per heavy atom. The van der Waals surface area contributed by atoms with Crippen molar-refractivity contribution in [1.29, 1.82) is 0 Å². The van der Waals surface area contributed by atoms with Crippen LogP contribution in [-0.2, 0) is 4.79 Å². The molecule has 0 aromatic rings. The minimum absolute atomic E-state index is 0.0434. The Morgan fingerprint density at radius 1 is 1.17 bits per heavy atom. The summed E-state index contributed by atoms with van der Waals surface area (Å²) < 4.78 is 0. The number of rotatable bonds is 8. The number of carbonyl (C=O) groups excluding carboxylic acids is 1. The first-order valence-electron chi connectivity index (χ1n) is 7.05. The molecular weight excluding hydrogens is 228 g/mol. The van der Waals surface area contributed by atoms with Crippen LogP contribution in [0.15, 0.2) is 0 Å². The topological polar surface area (TPSA) is 52.6 Å². The molecule has 0 saturated carbocycles. The summed E-state index contributed by atoms with van der Waals surface area (Å²) in [5.41, 5.74) is 0. The smallest absolute Gasteiger partial charge is 0.227 e. The molecule has 0 bridgehead atoms. The Balaban J connectivity index is 4.80. The molecule has 2 atom stereocenters. The molecule has 0 aliphatic heterocycles. The summed E-state index contributed by atoms with van der Waals surface area (Å²) in [4.78, 5) is 14.1. The fourth-order valence-electron chi connectivity index (χ4n) is 2.12. The maximum absolute atomic E-state index is 12.2. The Labute approximate surface area is 112 Å². The average molecular weight is 258 g/mol. The van der Waals surface area contributed by atoms with E-state index in [1.165, 1.54) is 0 Å². The van der Waals surface area contributed by atoms with Crippen molar-refractivity contribution >= 4 is 5.91 Å². The van der Waals surface area contributed by atoms with Crippen molar-refractivity contribution in [1.82, 2.24) is 10.2 Å². The molecule has 0 aromatic carbocycles. The summed E-state index contributed by atoms with van der Waals surface area (Å²) in [5, 5.41) is 13.3. The molecule has 0 aliphatic carbocycles. The molecule has 0 radical (unpaired) electrons. The van der Waals surface area contributed by atoms with Gasteiger partial charge in [-0.1, -0.05) is 27.7 Å². The lowest BCUT2D eigenvalue weighted by Gasteiger charge is -2.32. The average Bonchev–Trinajstić information content (AvgIpc) is 2.25. The molecule has 4 heteroatoms. The van der Waals surface area contributed by atoms with Crippen molar-refractivity contribution in [3.05, 3.63) is 0 Å². The van der Waals surface area contributed by atoms with E-state index < -0.39 is 6.23 Å². The van der Waals surface area contributed by atoms with Crippen molar-refractivity contribution in [3.63, 3.8) is 0 Å². The van der Waals surface area contributed by atoms with E-state index in [1.54, 1.807) is 0 Å². The predicted molar refractivity (Wildman–Crippen MR) is 75.2 cm³/mol. The third-order valence-electron chi connectivity index (χ3n) is 3.04. The summed E-state index contributed by atoms with van der Waals surface area (Å²) in [7, 11) is 0. The first kappa shape index (κ1) is 17.4. The lowest BCUT2D eigenvalue weighted by atomic mass is 9.93. The second kappa shape index (κ2) is 8.48. The fraction of sp³-hybridized carbons (Fsp3) is 0.929. The molecule has 2 unspecified atom stereocenters. The number of nitrogens with zero attached hydrogens (tertiary/aromatic N) is 1. The zero-order valence-corrected chi connectivity index (χ0v) is 12.7. The van der Waals surface area contributed by atoms with Gasteiger partial charge in [0.05, 0.1) is 5.92 Å². The molecular formula is C14H30N2O2. The van der Waals surface area contributed by atoms with Gasteiger partial charge >= 0.3 is 0 Å². The third-order valence-corrected chi connectivity index (χ3v) is 3.04. The van der Waals surface area contributed by atoms with Crippen LogP contribution in [0.3, 0.4) is 0 Å². The molecule has 0 spiro atoms. The van der Waals surface area contributed by atoms with Gasteiger partial charge in [-0.25, -0.2) is 0 Å². The number of carbonyl (C=O) groups is 1. The predicted octanol–water partition coefficient (Wildman–Crippen LogP) is 1.83. The molecule has 0 aromatic heterocycles. The third kappa shape index (κ3) is 5.83. The maximum atomic E-state index is 12.2. The van der Waals surface area contributed by atoms with Crippen LogP contribution in [0, 0.1) is 11.8 Å². The van der Waals surface area contributed by atoms with E-state index in [0.717, 1.165) is 13.1 Å². The van der Waals surface area contributed by atoms with Gasteiger partial charge in [0.25, 0.3) is 0 Å². The molecule has 4 nitrogen and oxygen atoms in total. The molecule has 18 heavy (non-hydrogen) atoms. The summed E-state index contributed by atoms with van der Waals surface area (Å²) in [5.74, 6) is -0.0106. The number of nitrogens with one attached hydrogen (secondary N) is 1. The van der Waals surface area contributed by atoms with Gasteiger partial charge in [0.2, 0.25) is 5.91 Å². The van der Waals surface area contributed by atoms with Crippen LogP contribution in [0.1, 0.15) is 48.0 Å². The van der Waals surface area contributed by atoms with Gasteiger partial charge in [-0.15, -0.1) is 0 Å². The second-order valence-electron chi connectivity index (χ2n) is 5.53. The number of aliphatic hydroxyl groups is 1. The van der Waals surface area contributed by atoms with E-state index in [4.69, 9.17) is 0 Å². The van der Waals surface area contributed by atoms with E-state index >= 15 is 0 Å². The van der Waals surface area contributed by atoms with Crippen LogP contribution < -0.4 is 5.32 Å². The van der Waals surface area contributed by atoms with E-state index in [2.05, 4.69) is 19.2 Å². The zero-order chi connectivity index (χ0) is 14.3. The summed E-state index contributed by atoms with van der Waals surface area (Å²) in [6.07, 6.45) is 0.0112. The standard InChI is InChI=1S/C14H30N2O2/c1-7-16(8-2)14(18)12(9-10(3)4)13(17)15-11(5)6/h10-12,14,18H,7-9H2,1-6H3,(H,15,17). The highest BCUT2D eigenvalue weighted by molar-refractivity contribution is 5.79. The first-order valence-corrected chi connectivity index (χ1v) is 7.05. The number of amides is 1.